The molecule has 234 valence electrons. The molecule has 0 radical (unpaired) electrons. The number of hydrogen-bond acceptors (Lipinski definition) is 2. The SMILES string of the molecule is CCCCCCC(=Nc1ccc(CCCC)c(CCCC)c1)C(CCCC)=Nc1ccc(CCCC)c(CCCC)c1. The molecule has 2 aromatic carbocycles. The molecule has 0 atom stereocenters. The maximum atomic E-state index is 5.41. The van der Waals surface area contributed by atoms with Gasteiger partial charge >= 0.3 is 0 Å². The second-order valence-electron chi connectivity index (χ2n) is 12.4. The summed E-state index contributed by atoms with van der Waals surface area (Å²) in [6.45, 7) is 13.7. The molecule has 2 aromatic rings. The van der Waals surface area contributed by atoms with Gasteiger partial charge in [0.15, 0.2) is 0 Å². The van der Waals surface area contributed by atoms with Gasteiger partial charge in [-0.25, -0.2) is 0 Å². The van der Waals surface area contributed by atoms with Crippen molar-refractivity contribution in [1.29, 1.82) is 0 Å². The number of rotatable bonds is 23. The van der Waals surface area contributed by atoms with Gasteiger partial charge in [0.05, 0.1) is 22.8 Å². The van der Waals surface area contributed by atoms with Crippen LogP contribution in [0.2, 0.25) is 0 Å². The highest BCUT2D eigenvalue weighted by atomic mass is 14.8. The van der Waals surface area contributed by atoms with E-state index >= 15 is 0 Å². The van der Waals surface area contributed by atoms with E-state index in [0.29, 0.717) is 0 Å². The van der Waals surface area contributed by atoms with Crippen LogP contribution in [0.4, 0.5) is 11.4 Å². The third-order valence-corrected chi connectivity index (χ3v) is 8.47. The molecule has 0 spiro atoms. The highest BCUT2D eigenvalue weighted by Gasteiger charge is 2.13. The van der Waals surface area contributed by atoms with E-state index in [9.17, 15) is 0 Å². The molecule has 0 aliphatic heterocycles. The summed E-state index contributed by atoms with van der Waals surface area (Å²) < 4.78 is 0. The van der Waals surface area contributed by atoms with Crippen LogP contribution < -0.4 is 0 Å². The minimum absolute atomic E-state index is 1.00. The maximum Gasteiger partial charge on any atom is 0.0636 e. The molecule has 0 saturated heterocycles. The van der Waals surface area contributed by atoms with Gasteiger partial charge in [-0.05, 0) is 124 Å². The predicted molar refractivity (Wildman–Crippen MR) is 190 cm³/mol. The zero-order valence-corrected chi connectivity index (χ0v) is 28.5. The van der Waals surface area contributed by atoms with E-state index in [1.54, 1.807) is 0 Å². The highest BCUT2D eigenvalue weighted by molar-refractivity contribution is 6.43. The minimum atomic E-state index is 1.00. The third kappa shape index (κ3) is 13.4. The first-order valence-electron chi connectivity index (χ1n) is 18.0. The third-order valence-electron chi connectivity index (χ3n) is 8.47. The van der Waals surface area contributed by atoms with Gasteiger partial charge < -0.3 is 0 Å². The molecule has 0 aliphatic rings. The van der Waals surface area contributed by atoms with Gasteiger partial charge in [-0.2, -0.15) is 0 Å². The van der Waals surface area contributed by atoms with Gasteiger partial charge in [-0.1, -0.05) is 105 Å². The quantitative estimate of drug-likeness (QED) is 0.0934. The van der Waals surface area contributed by atoms with Crippen molar-refractivity contribution in [1.82, 2.24) is 0 Å². The fourth-order valence-corrected chi connectivity index (χ4v) is 5.69. The normalized spacial score (nSPS) is 12.3. The molecular weight excluding hydrogens is 508 g/mol. The lowest BCUT2D eigenvalue weighted by Gasteiger charge is -2.14. The maximum absolute atomic E-state index is 5.41. The molecule has 0 saturated carbocycles. The standard InChI is InChI=1S/C40H64N2/c1-7-13-19-20-26-40(42-38-30-28-34(22-15-9-3)36(32-38)24-17-11-5)39(25-18-12-6)41-37-29-27-33(21-14-8-2)35(31-37)23-16-10-4/h27-32H,7-26H2,1-6H3. The smallest absolute Gasteiger partial charge is 0.0636 e. The van der Waals surface area contributed by atoms with E-state index in [1.807, 2.05) is 0 Å². The Hall–Kier alpha value is -2.22. The Morgan fingerprint density at radius 1 is 0.405 bits per heavy atom. The van der Waals surface area contributed by atoms with Crippen LogP contribution in [-0.2, 0) is 25.7 Å². The van der Waals surface area contributed by atoms with Crippen LogP contribution in [0.1, 0.15) is 167 Å². The van der Waals surface area contributed by atoms with Crippen LogP contribution in [0.3, 0.4) is 0 Å². The monoisotopic (exact) mass is 573 g/mol. The molecule has 2 nitrogen and oxygen atoms in total. The zero-order valence-electron chi connectivity index (χ0n) is 28.5. The number of nitrogens with zero attached hydrogens (tertiary/aromatic N) is 2. The van der Waals surface area contributed by atoms with E-state index in [1.165, 1.54) is 130 Å². The van der Waals surface area contributed by atoms with Crippen LogP contribution in [0.5, 0.6) is 0 Å². The van der Waals surface area contributed by atoms with Crippen LogP contribution in [-0.4, -0.2) is 11.4 Å². The van der Waals surface area contributed by atoms with Crippen molar-refractivity contribution in [2.24, 2.45) is 9.98 Å². The number of unbranched alkanes of at least 4 members (excludes halogenated alkanes) is 8. The van der Waals surface area contributed by atoms with Crippen molar-refractivity contribution in [3.63, 3.8) is 0 Å². The first kappa shape index (κ1) is 36.0. The Balaban J connectivity index is 2.55. The zero-order chi connectivity index (χ0) is 30.4. The topological polar surface area (TPSA) is 24.7 Å². The summed E-state index contributed by atoms with van der Waals surface area (Å²) in [6, 6.07) is 14.1. The molecule has 42 heavy (non-hydrogen) atoms. The Morgan fingerprint density at radius 3 is 1.19 bits per heavy atom. The van der Waals surface area contributed by atoms with E-state index in [-0.39, 0.29) is 0 Å². The van der Waals surface area contributed by atoms with Crippen molar-refractivity contribution >= 4 is 22.8 Å². The molecule has 0 heterocycles. The van der Waals surface area contributed by atoms with Gasteiger partial charge in [0.1, 0.15) is 0 Å². The Morgan fingerprint density at radius 2 is 0.786 bits per heavy atom. The average Bonchev–Trinajstić information content (AvgIpc) is 3.01. The Bertz CT molecular complexity index is 1060. The summed E-state index contributed by atoms with van der Waals surface area (Å²) in [5.74, 6) is 0. The van der Waals surface area contributed by atoms with Gasteiger partial charge in [0, 0.05) is 0 Å². The fourth-order valence-electron chi connectivity index (χ4n) is 5.69. The van der Waals surface area contributed by atoms with Gasteiger partial charge in [0.2, 0.25) is 0 Å². The predicted octanol–water partition coefficient (Wildman–Crippen LogP) is 13.1. The summed E-state index contributed by atoms with van der Waals surface area (Å²) >= 11 is 0. The van der Waals surface area contributed by atoms with Crippen molar-refractivity contribution < 1.29 is 0 Å². The van der Waals surface area contributed by atoms with Gasteiger partial charge in [-0.3, -0.25) is 9.98 Å². The van der Waals surface area contributed by atoms with Gasteiger partial charge in [0.25, 0.3) is 0 Å². The first-order chi connectivity index (χ1) is 20.6. The minimum Gasteiger partial charge on any atom is -0.252 e. The molecule has 0 N–H and O–H groups in total. The summed E-state index contributed by atoms with van der Waals surface area (Å²) in [5.41, 5.74) is 10.7. The molecular formula is C40H64N2. The van der Waals surface area contributed by atoms with Crippen molar-refractivity contribution in [3.05, 3.63) is 58.7 Å². The molecule has 0 unspecified atom stereocenters. The average molecular weight is 573 g/mol. The van der Waals surface area contributed by atoms with Crippen molar-refractivity contribution in [2.75, 3.05) is 0 Å². The lowest BCUT2D eigenvalue weighted by atomic mass is 9.96. The van der Waals surface area contributed by atoms with E-state index in [2.05, 4.69) is 77.9 Å². The summed E-state index contributed by atoms with van der Waals surface area (Å²) in [4.78, 5) is 10.8. The number of benzene rings is 2. The highest BCUT2D eigenvalue weighted by Crippen LogP contribution is 2.26. The lowest BCUT2D eigenvalue weighted by molar-refractivity contribution is 0.683. The largest absolute Gasteiger partial charge is 0.252 e. The number of hydrogen-bond donors (Lipinski definition) is 0. The van der Waals surface area contributed by atoms with Crippen LogP contribution in [0.25, 0.3) is 0 Å². The molecule has 0 aliphatic carbocycles. The Labute approximate surface area is 260 Å². The molecule has 0 bridgehead atoms. The van der Waals surface area contributed by atoms with Crippen molar-refractivity contribution in [2.45, 2.75) is 170 Å². The molecule has 2 rings (SSSR count). The second-order valence-corrected chi connectivity index (χ2v) is 12.4. The summed E-state index contributed by atoms with van der Waals surface area (Å²) in [6.07, 6.45) is 24.0. The van der Waals surface area contributed by atoms with E-state index in [0.717, 1.165) is 43.5 Å². The second kappa shape index (κ2) is 22.3. The molecule has 0 aromatic heterocycles. The van der Waals surface area contributed by atoms with E-state index in [4.69, 9.17) is 9.98 Å². The van der Waals surface area contributed by atoms with Gasteiger partial charge in [-0.15, -0.1) is 0 Å². The summed E-state index contributed by atoms with van der Waals surface area (Å²) in [5, 5.41) is 0. The fraction of sp³-hybridized carbons (Fsp3) is 0.650. The first-order valence-corrected chi connectivity index (χ1v) is 18.0. The van der Waals surface area contributed by atoms with E-state index < -0.39 is 0 Å². The van der Waals surface area contributed by atoms with Crippen LogP contribution in [0, 0.1) is 0 Å². The lowest BCUT2D eigenvalue weighted by Crippen LogP contribution is -2.14. The molecule has 0 amide bonds. The van der Waals surface area contributed by atoms with Crippen LogP contribution >= 0.6 is 0 Å². The number of aryl methyl sites for hydroxylation is 4. The van der Waals surface area contributed by atoms with Crippen LogP contribution in [0.15, 0.2) is 46.4 Å². The molecule has 0 fully saturated rings. The Kier molecular flexibility index (Phi) is 19.1. The molecule has 2 heteroatoms. The van der Waals surface area contributed by atoms with Crippen molar-refractivity contribution in [3.8, 4) is 0 Å². The number of aliphatic imine (C=N–C) groups is 2. The summed E-state index contributed by atoms with van der Waals surface area (Å²) in [7, 11) is 0.